The van der Waals surface area contributed by atoms with E-state index in [1.165, 1.54) is 4.88 Å². The van der Waals surface area contributed by atoms with Crippen LogP contribution in [0.5, 0.6) is 0 Å². The summed E-state index contributed by atoms with van der Waals surface area (Å²) in [7, 11) is 0. The van der Waals surface area contributed by atoms with E-state index in [2.05, 4.69) is 10.2 Å². The summed E-state index contributed by atoms with van der Waals surface area (Å²) in [5, 5.41) is 15.0. The molecule has 1 aliphatic rings. The van der Waals surface area contributed by atoms with Crippen LogP contribution in [0.15, 0.2) is 17.5 Å². The lowest BCUT2D eigenvalue weighted by Crippen LogP contribution is -2.46. The fourth-order valence-corrected chi connectivity index (χ4v) is 3.23. The summed E-state index contributed by atoms with van der Waals surface area (Å²) in [6, 6.07) is 4.31. The van der Waals surface area contributed by atoms with Gasteiger partial charge in [0.2, 0.25) is 5.91 Å². The highest BCUT2D eigenvalue weighted by Crippen LogP contribution is 2.12. The molecule has 1 amide bonds. The second-order valence-electron chi connectivity index (χ2n) is 5.52. The molecule has 6 heteroatoms. The zero-order valence-corrected chi connectivity index (χ0v) is 13.3. The number of piperidine rings is 1. The van der Waals surface area contributed by atoms with Gasteiger partial charge < -0.3 is 20.1 Å². The Labute approximate surface area is 129 Å². The van der Waals surface area contributed by atoms with Crippen LogP contribution in [0.2, 0.25) is 0 Å². The Bertz CT molecular complexity index is 417. The van der Waals surface area contributed by atoms with E-state index < -0.39 is 6.10 Å². The van der Waals surface area contributed by atoms with Crippen LogP contribution < -0.4 is 5.32 Å². The van der Waals surface area contributed by atoms with Crippen LogP contribution >= 0.6 is 11.3 Å². The minimum atomic E-state index is -0.456. The van der Waals surface area contributed by atoms with E-state index in [1.807, 2.05) is 17.5 Å². The third kappa shape index (κ3) is 6.13. The van der Waals surface area contributed by atoms with Gasteiger partial charge in [-0.15, -0.1) is 11.3 Å². The SMILES string of the molecule is CC(=O)NC1CCN(CC(O)COCc2cccs2)CC1. The average Bonchev–Trinajstić information content (AvgIpc) is 2.93. The molecule has 5 nitrogen and oxygen atoms in total. The van der Waals surface area contributed by atoms with Gasteiger partial charge in [0.15, 0.2) is 0 Å². The van der Waals surface area contributed by atoms with Crippen molar-refractivity contribution < 1.29 is 14.6 Å². The van der Waals surface area contributed by atoms with Gasteiger partial charge in [-0.1, -0.05) is 6.07 Å². The van der Waals surface area contributed by atoms with Crippen molar-refractivity contribution in [2.24, 2.45) is 0 Å². The number of hydrogen-bond acceptors (Lipinski definition) is 5. The number of hydrogen-bond donors (Lipinski definition) is 2. The van der Waals surface area contributed by atoms with Gasteiger partial charge in [-0.05, 0) is 24.3 Å². The van der Waals surface area contributed by atoms with Crippen LogP contribution in [0.1, 0.15) is 24.6 Å². The number of carbonyl (C=O) groups is 1. The van der Waals surface area contributed by atoms with Crippen molar-refractivity contribution in [1.82, 2.24) is 10.2 Å². The topological polar surface area (TPSA) is 61.8 Å². The Morgan fingerprint density at radius 3 is 2.95 bits per heavy atom. The van der Waals surface area contributed by atoms with E-state index in [9.17, 15) is 9.90 Å². The molecule has 2 heterocycles. The number of amides is 1. The van der Waals surface area contributed by atoms with Gasteiger partial charge in [-0.2, -0.15) is 0 Å². The van der Waals surface area contributed by atoms with Crippen molar-refractivity contribution in [2.45, 2.75) is 38.5 Å². The maximum absolute atomic E-state index is 11.0. The summed E-state index contributed by atoms with van der Waals surface area (Å²) in [5.74, 6) is 0.0375. The Kier molecular flexibility index (Phi) is 6.63. The molecule has 0 spiro atoms. The first-order valence-electron chi connectivity index (χ1n) is 7.41. The Hall–Kier alpha value is -0.950. The van der Waals surface area contributed by atoms with Crippen molar-refractivity contribution in [3.63, 3.8) is 0 Å². The summed E-state index contributed by atoms with van der Waals surface area (Å²) in [6.07, 6.45) is 1.44. The number of aliphatic hydroxyl groups is 1. The molecule has 1 saturated heterocycles. The lowest BCUT2D eigenvalue weighted by atomic mass is 10.0. The van der Waals surface area contributed by atoms with Gasteiger partial charge >= 0.3 is 0 Å². The lowest BCUT2D eigenvalue weighted by molar-refractivity contribution is -0.120. The van der Waals surface area contributed by atoms with E-state index in [4.69, 9.17) is 4.74 Å². The maximum atomic E-state index is 11.0. The number of ether oxygens (including phenoxy) is 1. The highest BCUT2D eigenvalue weighted by molar-refractivity contribution is 7.09. The lowest BCUT2D eigenvalue weighted by Gasteiger charge is -2.33. The van der Waals surface area contributed by atoms with E-state index in [1.54, 1.807) is 18.3 Å². The second-order valence-corrected chi connectivity index (χ2v) is 6.56. The summed E-state index contributed by atoms with van der Waals surface area (Å²) < 4.78 is 5.53. The van der Waals surface area contributed by atoms with E-state index in [-0.39, 0.29) is 11.9 Å². The molecule has 2 rings (SSSR count). The monoisotopic (exact) mass is 312 g/mol. The minimum absolute atomic E-state index is 0.0375. The van der Waals surface area contributed by atoms with Crippen molar-refractivity contribution in [3.8, 4) is 0 Å². The predicted molar refractivity (Wildman–Crippen MR) is 83.3 cm³/mol. The Morgan fingerprint density at radius 1 is 1.57 bits per heavy atom. The molecule has 0 aromatic carbocycles. The van der Waals surface area contributed by atoms with Gasteiger partial charge in [0.1, 0.15) is 0 Å². The molecule has 1 unspecified atom stereocenters. The van der Waals surface area contributed by atoms with Crippen LogP contribution in [0.25, 0.3) is 0 Å². The number of likely N-dealkylation sites (tertiary alicyclic amines) is 1. The molecule has 0 saturated carbocycles. The van der Waals surface area contributed by atoms with Gasteiger partial charge in [0.05, 0.1) is 19.3 Å². The zero-order chi connectivity index (χ0) is 15.1. The Balaban J connectivity index is 1.58. The highest BCUT2D eigenvalue weighted by atomic mass is 32.1. The smallest absolute Gasteiger partial charge is 0.217 e. The molecule has 2 N–H and O–H groups in total. The first kappa shape index (κ1) is 16.4. The molecule has 0 radical (unpaired) electrons. The van der Waals surface area contributed by atoms with Gasteiger partial charge in [-0.25, -0.2) is 0 Å². The summed E-state index contributed by atoms with van der Waals surface area (Å²) in [5.41, 5.74) is 0. The number of carbonyl (C=O) groups excluding carboxylic acids is 1. The number of nitrogens with zero attached hydrogens (tertiary/aromatic N) is 1. The quantitative estimate of drug-likeness (QED) is 0.795. The largest absolute Gasteiger partial charge is 0.389 e. The summed E-state index contributed by atoms with van der Waals surface area (Å²) in [4.78, 5) is 14.4. The molecule has 1 aromatic heterocycles. The number of aliphatic hydroxyl groups excluding tert-OH is 1. The molecule has 1 aliphatic heterocycles. The van der Waals surface area contributed by atoms with Crippen LogP contribution in [0, 0.1) is 0 Å². The van der Waals surface area contributed by atoms with Crippen LogP contribution in [0.4, 0.5) is 0 Å². The molecule has 0 bridgehead atoms. The molecular weight excluding hydrogens is 288 g/mol. The van der Waals surface area contributed by atoms with Gasteiger partial charge in [-0.3, -0.25) is 4.79 Å². The fraction of sp³-hybridized carbons (Fsp3) is 0.667. The van der Waals surface area contributed by atoms with Gasteiger partial charge in [0, 0.05) is 37.5 Å². The molecule has 118 valence electrons. The number of rotatable bonds is 7. The predicted octanol–water partition coefficient (Wildman–Crippen LogP) is 1.23. The van der Waals surface area contributed by atoms with E-state index >= 15 is 0 Å². The molecule has 0 aliphatic carbocycles. The Morgan fingerprint density at radius 2 is 2.33 bits per heavy atom. The first-order valence-corrected chi connectivity index (χ1v) is 8.29. The fourth-order valence-electron chi connectivity index (χ4n) is 2.59. The number of thiophene rings is 1. The minimum Gasteiger partial charge on any atom is -0.389 e. The molecule has 21 heavy (non-hydrogen) atoms. The summed E-state index contributed by atoms with van der Waals surface area (Å²) in [6.45, 7) is 4.95. The number of nitrogens with one attached hydrogen (secondary N) is 1. The zero-order valence-electron chi connectivity index (χ0n) is 12.5. The van der Waals surface area contributed by atoms with E-state index in [0.717, 1.165) is 25.9 Å². The third-order valence-corrected chi connectivity index (χ3v) is 4.45. The molecule has 1 fully saturated rings. The first-order chi connectivity index (χ1) is 10.1. The van der Waals surface area contributed by atoms with Crippen LogP contribution in [-0.2, 0) is 16.1 Å². The molecular formula is C15H24N2O3S. The highest BCUT2D eigenvalue weighted by Gasteiger charge is 2.21. The molecule has 1 atom stereocenters. The summed E-state index contributed by atoms with van der Waals surface area (Å²) >= 11 is 1.66. The van der Waals surface area contributed by atoms with Crippen molar-refractivity contribution in [3.05, 3.63) is 22.4 Å². The second kappa shape index (κ2) is 8.48. The van der Waals surface area contributed by atoms with Crippen molar-refractivity contribution in [1.29, 1.82) is 0 Å². The maximum Gasteiger partial charge on any atom is 0.217 e. The third-order valence-electron chi connectivity index (χ3n) is 3.60. The normalized spacial score (nSPS) is 18.6. The van der Waals surface area contributed by atoms with Gasteiger partial charge in [0.25, 0.3) is 0 Å². The van der Waals surface area contributed by atoms with Crippen LogP contribution in [0.3, 0.4) is 0 Å². The molecule has 1 aromatic rings. The standard InChI is InChI=1S/C15H24N2O3S/c1-12(18)16-13-4-6-17(7-5-13)9-14(19)10-20-11-15-3-2-8-21-15/h2-3,8,13-14,19H,4-7,9-11H2,1H3,(H,16,18). The number of β-amino-alcohol motifs (C(OH)–C–C–N with tert-alkyl or cyclic N) is 1. The van der Waals surface area contributed by atoms with Crippen LogP contribution in [-0.4, -0.2) is 54.3 Å². The van der Waals surface area contributed by atoms with Crippen molar-refractivity contribution >= 4 is 17.2 Å². The van der Waals surface area contributed by atoms with Crippen molar-refractivity contribution in [2.75, 3.05) is 26.2 Å². The van der Waals surface area contributed by atoms with E-state index in [0.29, 0.717) is 19.8 Å². The average molecular weight is 312 g/mol.